The summed E-state index contributed by atoms with van der Waals surface area (Å²) in [7, 11) is 1.88. The Morgan fingerprint density at radius 3 is 2.57 bits per heavy atom. The first-order chi connectivity index (χ1) is 6.66. The van der Waals surface area contributed by atoms with Gasteiger partial charge in [0.25, 0.3) is 0 Å². The number of unbranched alkanes of at least 4 members (excludes halogenated alkanes) is 2. The fraction of sp³-hybridized carbons (Fsp3) is 0.909. The van der Waals surface area contributed by atoms with Crippen LogP contribution in [0.15, 0.2) is 0 Å². The molecule has 0 bridgehead atoms. The van der Waals surface area contributed by atoms with Crippen molar-refractivity contribution < 1.29 is 9.90 Å². The number of aliphatic hydroxyl groups excluding tert-OH is 1. The van der Waals surface area contributed by atoms with E-state index in [9.17, 15) is 4.79 Å². The van der Waals surface area contributed by atoms with Crippen molar-refractivity contribution in [1.29, 1.82) is 0 Å². The van der Waals surface area contributed by atoms with Gasteiger partial charge < -0.3 is 10.0 Å². The predicted molar refractivity (Wildman–Crippen MR) is 55.8 cm³/mol. The smallest absolute Gasteiger partial charge is 0.225 e. The van der Waals surface area contributed by atoms with E-state index in [1.54, 1.807) is 0 Å². The minimum atomic E-state index is 0.261. The molecule has 0 saturated heterocycles. The maximum atomic E-state index is 11.7. The first kappa shape index (κ1) is 11.5. The standard InChI is InChI=1S/C11H21NO2/c1-9-8-10(9)11(14)12(2)6-4-3-5-7-13/h9-10,13H,3-8H2,1-2H3. The summed E-state index contributed by atoms with van der Waals surface area (Å²) in [5.41, 5.74) is 0. The van der Waals surface area contributed by atoms with Crippen molar-refractivity contribution in [2.45, 2.75) is 32.6 Å². The third kappa shape index (κ3) is 3.29. The van der Waals surface area contributed by atoms with Gasteiger partial charge in [0.05, 0.1) is 0 Å². The molecule has 3 nitrogen and oxygen atoms in total. The van der Waals surface area contributed by atoms with Gasteiger partial charge in [-0.05, 0) is 31.6 Å². The van der Waals surface area contributed by atoms with Gasteiger partial charge in [0.15, 0.2) is 0 Å². The Balaban J connectivity index is 2.08. The molecule has 1 fully saturated rings. The molecule has 1 rings (SSSR count). The second-order valence-corrected chi connectivity index (χ2v) is 4.36. The van der Waals surface area contributed by atoms with Gasteiger partial charge in [-0.3, -0.25) is 4.79 Å². The Kier molecular flexibility index (Phi) is 4.39. The Bertz CT molecular complexity index is 194. The van der Waals surface area contributed by atoms with Gasteiger partial charge in [-0.1, -0.05) is 6.92 Å². The molecule has 1 saturated carbocycles. The molecule has 3 heteroatoms. The maximum Gasteiger partial charge on any atom is 0.225 e. The van der Waals surface area contributed by atoms with Gasteiger partial charge in [-0.2, -0.15) is 0 Å². The largest absolute Gasteiger partial charge is 0.396 e. The highest BCUT2D eigenvalue weighted by atomic mass is 16.2. The third-order valence-electron chi connectivity index (χ3n) is 2.95. The van der Waals surface area contributed by atoms with Gasteiger partial charge in [-0.15, -0.1) is 0 Å². The van der Waals surface area contributed by atoms with Crippen LogP contribution in [0.3, 0.4) is 0 Å². The average molecular weight is 199 g/mol. The molecule has 2 atom stereocenters. The highest BCUT2D eigenvalue weighted by Crippen LogP contribution is 2.38. The van der Waals surface area contributed by atoms with E-state index in [2.05, 4.69) is 6.92 Å². The number of hydrogen-bond donors (Lipinski definition) is 1. The van der Waals surface area contributed by atoms with Crippen molar-refractivity contribution in [2.75, 3.05) is 20.2 Å². The Morgan fingerprint density at radius 2 is 2.07 bits per heavy atom. The highest BCUT2D eigenvalue weighted by Gasteiger charge is 2.40. The van der Waals surface area contributed by atoms with Crippen LogP contribution in [0.25, 0.3) is 0 Å². The van der Waals surface area contributed by atoms with E-state index in [1.165, 1.54) is 0 Å². The Hall–Kier alpha value is -0.570. The van der Waals surface area contributed by atoms with Crippen molar-refractivity contribution >= 4 is 5.91 Å². The molecular weight excluding hydrogens is 178 g/mol. The summed E-state index contributed by atoms with van der Waals surface area (Å²) in [5.74, 6) is 1.21. The molecule has 82 valence electrons. The summed E-state index contributed by atoms with van der Waals surface area (Å²) in [6.45, 7) is 3.22. The van der Waals surface area contributed by atoms with Gasteiger partial charge >= 0.3 is 0 Å². The summed E-state index contributed by atoms with van der Waals surface area (Å²) < 4.78 is 0. The van der Waals surface area contributed by atoms with Gasteiger partial charge in [0.2, 0.25) is 5.91 Å². The van der Waals surface area contributed by atoms with E-state index in [0.717, 1.165) is 32.2 Å². The second-order valence-electron chi connectivity index (χ2n) is 4.36. The predicted octanol–water partition coefficient (Wildman–Crippen LogP) is 1.26. The van der Waals surface area contributed by atoms with E-state index in [4.69, 9.17) is 5.11 Å². The summed E-state index contributed by atoms with van der Waals surface area (Å²) >= 11 is 0. The fourth-order valence-electron chi connectivity index (χ4n) is 1.70. The Morgan fingerprint density at radius 1 is 1.43 bits per heavy atom. The molecule has 1 N–H and O–H groups in total. The van der Waals surface area contributed by atoms with Gasteiger partial charge in [-0.25, -0.2) is 0 Å². The van der Waals surface area contributed by atoms with E-state index in [-0.39, 0.29) is 6.61 Å². The van der Waals surface area contributed by atoms with E-state index in [0.29, 0.717) is 17.7 Å². The number of amides is 1. The monoisotopic (exact) mass is 199 g/mol. The van der Waals surface area contributed by atoms with Crippen LogP contribution < -0.4 is 0 Å². The fourth-order valence-corrected chi connectivity index (χ4v) is 1.70. The van der Waals surface area contributed by atoms with Crippen LogP contribution in [0.4, 0.5) is 0 Å². The van der Waals surface area contributed by atoms with Crippen LogP contribution in [0, 0.1) is 11.8 Å². The lowest BCUT2D eigenvalue weighted by Gasteiger charge is -2.16. The molecule has 0 aromatic rings. The normalized spacial score (nSPS) is 24.8. The number of carbonyl (C=O) groups is 1. The minimum Gasteiger partial charge on any atom is -0.396 e. The van der Waals surface area contributed by atoms with Crippen molar-refractivity contribution in [3.63, 3.8) is 0 Å². The summed E-state index contributed by atoms with van der Waals surface area (Å²) in [6.07, 6.45) is 3.93. The lowest BCUT2D eigenvalue weighted by molar-refractivity contribution is -0.131. The maximum absolute atomic E-state index is 11.7. The molecule has 0 heterocycles. The lowest BCUT2D eigenvalue weighted by atomic mass is 10.2. The number of rotatable bonds is 6. The molecule has 0 spiro atoms. The van der Waals surface area contributed by atoms with E-state index in [1.807, 2.05) is 11.9 Å². The van der Waals surface area contributed by atoms with Crippen LogP contribution >= 0.6 is 0 Å². The zero-order valence-electron chi connectivity index (χ0n) is 9.20. The molecule has 1 aliphatic rings. The molecular formula is C11H21NO2. The second kappa shape index (κ2) is 5.35. The minimum absolute atomic E-state index is 0.261. The van der Waals surface area contributed by atoms with Crippen LogP contribution in [-0.4, -0.2) is 36.1 Å². The molecule has 0 aromatic carbocycles. The van der Waals surface area contributed by atoms with Crippen LogP contribution in [0.2, 0.25) is 0 Å². The molecule has 0 aliphatic heterocycles. The van der Waals surface area contributed by atoms with E-state index < -0.39 is 0 Å². The van der Waals surface area contributed by atoms with Gasteiger partial charge in [0, 0.05) is 26.1 Å². The van der Waals surface area contributed by atoms with Crippen LogP contribution in [0.5, 0.6) is 0 Å². The molecule has 14 heavy (non-hydrogen) atoms. The molecule has 1 aliphatic carbocycles. The van der Waals surface area contributed by atoms with Crippen molar-refractivity contribution in [3.8, 4) is 0 Å². The van der Waals surface area contributed by atoms with E-state index >= 15 is 0 Å². The lowest BCUT2D eigenvalue weighted by Crippen LogP contribution is -2.29. The number of hydrogen-bond acceptors (Lipinski definition) is 2. The van der Waals surface area contributed by atoms with Crippen LogP contribution in [-0.2, 0) is 4.79 Å². The van der Waals surface area contributed by atoms with Crippen molar-refractivity contribution in [2.24, 2.45) is 11.8 Å². The summed E-state index contributed by atoms with van der Waals surface area (Å²) in [6, 6.07) is 0. The van der Waals surface area contributed by atoms with Crippen LogP contribution in [0.1, 0.15) is 32.6 Å². The van der Waals surface area contributed by atoms with Gasteiger partial charge in [0.1, 0.15) is 0 Å². The number of nitrogens with zero attached hydrogens (tertiary/aromatic N) is 1. The number of carbonyl (C=O) groups excluding carboxylic acids is 1. The first-order valence-electron chi connectivity index (χ1n) is 5.52. The zero-order chi connectivity index (χ0) is 10.6. The molecule has 1 amide bonds. The summed E-state index contributed by atoms with van der Waals surface area (Å²) in [5, 5.41) is 8.59. The third-order valence-corrected chi connectivity index (χ3v) is 2.95. The molecule has 2 unspecified atom stereocenters. The van der Waals surface area contributed by atoms with Crippen molar-refractivity contribution in [1.82, 2.24) is 4.90 Å². The number of aliphatic hydroxyl groups is 1. The average Bonchev–Trinajstić information content (AvgIpc) is 2.88. The molecule has 0 aromatic heterocycles. The Labute approximate surface area is 86.1 Å². The topological polar surface area (TPSA) is 40.5 Å². The SMILES string of the molecule is CC1CC1C(=O)N(C)CCCCCO. The summed E-state index contributed by atoms with van der Waals surface area (Å²) in [4.78, 5) is 13.5. The quantitative estimate of drug-likeness (QED) is 0.654. The first-order valence-corrected chi connectivity index (χ1v) is 5.52. The zero-order valence-corrected chi connectivity index (χ0v) is 9.20. The van der Waals surface area contributed by atoms with Crippen molar-refractivity contribution in [3.05, 3.63) is 0 Å². The highest BCUT2D eigenvalue weighted by molar-refractivity contribution is 5.81. The molecule has 0 radical (unpaired) electrons.